The van der Waals surface area contributed by atoms with Crippen molar-refractivity contribution in [2.75, 3.05) is 13.2 Å². The Bertz CT molecular complexity index is 288. The van der Waals surface area contributed by atoms with Crippen LogP contribution in [0.2, 0.25) is 0 Å². The standard InChI is InChI=1S/C17H31NO2/c19-16-6-4-14(5-7-16)13-18-15-8-11-20-17(12-15)9-2-1-3-10-17/h14-16,18-19H,1-13H2. The van der Waals surface area contributed by atoms with E-state index in [4.69, 9.17) is 4.74 Å². The van der Waals surface area contributed by atoms with Crippen molar-refractivity contribution in [2.24, 2.45) is 5.92 Å². The molecule has 2 aliphatic carbocycles. The zero-order valence-corrected chi connectivity index (χ0v) is 12.8. The molecule has 3 fully saturated rings. The minimum absolute atomic E-state index is 0.0279. The molecule has 1 aliphatic heterocycles. The first-order valence-corrected chi connectivity index (χ1v) is 8.81. The lowest BCUT2D eigenvalue weighted by Crippen LogP contribution is -2.49. The Balaban J connectivity index is 1.43. The van der Waals surface area contributed by atoms with Gasteiger partial charge in [0.25, 0.3) is 0 Å². The smallest absolute Gasteiger partial charge is 0.0697 e. The molecule has 3 rings (SSSR count). The van der Waals surface area contributed by atoms with Crippen molar-refractivity contribution in [3.63, 3.8) is 0 Å². The molecule has 0 bridgehead atoms. The fourth-order valence-electron chi connectivity index (χ4n) is 4.43. The van der Waals surface area contributed by atoms with Crippen LogP contribution in [0.25, 0.3) is 0 Å². The Morgan fingerprint density at radius 3 is 2.50 bits per heavy atom. The minimum atomic E-state index is -0.0279. The third-order valence-electron chi connectivity index (χ3n) is 5.77. The summed E-state index contributed by atoms with van der Waals surface area (Å²) in [4.78, 5) is 0. The van der Waals surface area contributed by atoms with Gasteiger partial charge in [0, 0.05) is 12.6 Å². The van der Waals surface area contributed by atoms with E-state index >= 15 is 0 Å². The lowest BCUT2D eigenvalue weighted by Gasteiger charge is -2.44. The third kappa shape index (κ3) is 3.75. The van der Waals surface area contributed by atoms with Gasteiger partial charge in [-0.05, 0) is 63.8 Å². The summed E-state index contributed by atoms with van der Waals surface area (Å²) in [6.45, 7) is 2.09. The molecule has 116 valence electrons. The largest absolute Gasteiger partial charge is 0.393 e. The molecule has 1 atom stereocenters. The van der Waals surface area contributed by atoms with Crippen molar-refractivity contribution >= 4 is 0 Å². The summed E-state index contributed by atoms with van der Waals surface area (Å²) in [5.74, 6) is 0.781. The van der Waals surface area contributed by atoms with E-state index < -0.39 is 0 Å². The van der Waals surface area contributed by atoms with E-state index in [2.05, 4.69) is 5.32 Å². The van der Waals surface area contributed by atoms with Crippen molar-refractivity contribution in [1.82, 2.24) is 5.32 Å². The average Bonchev–Trinajstić information content (AvgIpc) is 2.48. The number of aliphatic hydroxyl groups excluding tert-OH is 1. The molecule has 0 aromatic rings. The van der Waals surface area contributed by atoms with Gasteiger partial charge in [-0.1, -0.05) is 19.3 Å². The van der Waals surface area contributed by atoms with E-state index in [1.165, 1.54) is 57.8 Å². The molecule has 1 unspecified atom stereocenters. The van der Waals surface area contributed by atoms with E-state index in [9.17, 15) is 5.11 Å². The van der Waals surface area contributed by atoms with Crippen molar-refractivity contribution in [3.05, 3.63) is 0 Å². The maximum absolute atomic E-state index is 9.57. The van der Waals surface area contributed by atoms with E-state index in [0.29, 0.717) is 6.04 Å². The maximum atomic E-state index is 9.57. The van der Waals surface area contributed by atoms with Gasteiger partial charge in [0.05, 0.1) is 11.7 Å². The van der Waals surface area contributed by atoms with Crippen molar-refractivity contribution in [3.8, 4) is 0 Å². The van der Waals surface area contributed by atoms with Gasteiger partial charge >= 0.3 is 0 Å². The summed E-state index contributed by atoms with van der Waals surface area (Å²) in [6.07, 6.45) is 13.4. The van der Waals surface area contributed by atoms with Crippen LogP contribution in [0.4, 0.5) is 0 Å². The first kappa shape index (κ1) is 14.8. The van der Waals surface area contributed by atoms with Crippen molar-refractivity contribution < 1.29 is 9.84 Å². The van der Waals surface area contributed by atoms with Crippen LogP contribution in [0.5, 0.6) is 0 Å². The number of aliphatic hydroxyl groups is 1. The summed E-state index contributed by atoms with van der Waals surface area (Å²) in [7, 11) is 0. The monoisotopic (exact) mass is 281 g/mol. The van der Waals surface area contributed by atoms with Crippen LogP contribution in [-0.4, -0.2) is 36.0 Å². The Labute approximate surface area is 123 Å². The zero-order chi connectivity index (χ0) is 13.8. The van der Waals surface area contributed by atoms with Crippen molar-refractivity contribution in [1.29, 1.82) is 0 Å². The first-order valence-electron chi connectivity index (χ1n) is 8.81. The second kappa shape index (κ2) is 6.76. The SMILES string of the molecule is OC1CCC(CNC2CCOC3(CCCCC3)C2)CC1. The summed E-state index contributed by atoms with van der Waals surface area (Å²) in [6, 6.07) is 0.661. The molecule has 1 spiro atoms. The topological polar surface area (TPSA) is 41.5 Å². The van der Waals surface area contributed by atoms with E-state index in [1.807, 2.05) is 0 Å². The molecule has 0 aromatic carbocycles. The number of rotatable bonds is 3. The van der Waals surface area contributed by atoms with Gasteiger partial charge in [0.2, 0.25) is 0 Å². The zero-order valence-electron chi connectivity index (χ0n) is 12.8. The predicted octanol–water partition coefficient (Wildman–Crippen LogP) is 3.01. The average molecular weight is 281 g/mol. The molecule has 3 nitrogen and oxygen atoms in total. The van der Waals surface area contributed by atoms with Crippen LogP contribution in [0.1, 0.15) is 70.6 Å². The Hall–Kier alpha value is -0.120. The van der Waals surface area contributed by atoms with Crippen LogP contribution < -0.4 is 5.32 Å². The molecule has 1 heterocycles. The highest BCUT2D eigenvalue weighted by molar-refractivity contribution is 4.92. The number of ether oxygens (including phenoxy) is 1. The second-order valence-corrected chi connectivity index (χ2v) is 7.36. The molecule has 2 N–H and O–H groups in total. The fourth-order valence-corrected chi connectivity index (χ4v) is 4.43. The highest BCUT2D eigenvalue weighted by atomic mass is 16.5. The Kier molecular flexibility index (Phi) is 5.00. The normalized spacial score (nSPS) is 38.0. The van der Waals surface area contributed by atoms with Gasteiger partial charge in [-0.2, -0.15) is 0 Å². The minimum Gasteiger partial charge on any atom is -0.393 e. The van der Waals surface area contributed by atoms with Gasteiger partial charge in [-0.3, -0.25) is 0 Å². The molecule has 1 saturated heterocycles. The molecule has 0 radical (unpaired) electrons. The number of hydrogen-bond donors (Lipinski definition) is 2. The number of nitrogens with one attached hydrogen (secondary N) is 1. The lowest BCUT2D eigenvalue weighted by molar-refractivity contribution is -0.109. The van der Waals surface area contributed by atoms with E-state index in [-0.39, 0.29) is 11.7 Å². The van der Waals surface area contributed by atoms with E-state index in [0.717, 1.165) is 31.9 Å². The second-order valence-electron chi connectivity index (χ2n) is 7.36. The van der Waals surface area contributed by atoms with Crippen LogP contribution in [0.3, 0.4) is 0 Å². The molecule has 3 heteroatoms. The van der Waals surface area contributed by atoms with E-state index in [1.54, 1.807) is 0 Å². The summed E-state index contributed by atoms with van der Waals surface area (Å²) in [5.41, 5.74) is 0.219. The molecule has 0 amide bonds. The molecule has 20 heavy (non-hydrogen) atoms. The predicted molar refractivity (Wildman–Crippen MR) is 80.8 cm³/mol. The van der Waals surface area contributed by atoms with Crippen LogP contribution >= 0.6 is 0 Å². The highest BCUT2D eigenvalue weighted by Crippen LogP contribution is 2.38. The molecular formula is C17H31NO2. The van der Waals surface area contributed by atoms with Crippen LogP contribution in [0.15, 0.2) is 0 Å². The highest BCUT2D eigenvalue weighted by Gasteiger charge is 2.38. The van der Waals surface area contributed by atoms with Crippen molar-refractivity contribution in [2.45, 2.75) is 88.4 Å². The summed E-state index contributed by atoms with van der Waals surface area (Å²) >= 11 is 0. The summed E-state index contributed by atoms with van der Waals surface area (Å²) in [5, 5.41) is 13.4. The van der Waals surface area contributed by atoms with Crippen LogP contribution in [-0.2, 0) is 4.74 Å². The Morgan fingerprint density at radius 1 is 1.00 bits per heavy atom. The van der Waals surface area contributed by atoms with Gasteiger partial charge in [0.1, 0.15) is 0 Å². The van der Waals surface area contributed by atoms with Gasteiger partial charge in [0.15, 0.2) is 0 Å². The first-order chi connectivity index (χ1) is 9.76. The van der Waals surface area contributed by atoms with Gasteiger partial charge in [-0.25, -0.2) is 0 Å². The summed E-state index contributed by atoms with van der Waals surface area (Å²) < 4.78 is 6.17. The maximum Gasteiger partial charge on any atom is 0.0697 e. The van der Waals surface area contributed by atoms with Gasteiger partial charge < -0.3 is 15.2 Å². The fraction of sp³-hybridized carbons (Fsp3) is 1.00. The molecule has 2 saturated carbocycles. The van der Waals surface area contributed by atoms with Crippen LogP contribution in [0, 0.1) is 5.92 Å². The lowest BCUT2D eigenvalue weighted by atomic mass is 9.78. The van der Waals surface area contributed by atoms with Gasteiger partial charge in [-0.15, -0.1) is 0 Å². The quantitative estimate of drug-likeness (QED) is 0.835. The Morgan fingerprint density at radius 2 is 1.75 bits per heavy atom. The molecule has 0 aromatic heterocycles. The number of hydrogen-bond acceptors (Lipinski definition) is 3. The molecule has 3 aliphatic rings. The molecular weight excluding hydrogens is 250 g/mol. The third-order valence-corrected chi connectivity index (χ3v) is 5.77.